The third-order valence-electron chi connectivity index (χ3n) is 3.70. The van der Waals surface area contributed by atoms with Gasteiger partial charge >= 0.3 is 5.97 Å². The number of esters is 1. The lowest BCUT2D eigenvalue weighted by molar-refractivity contribution is 0.0730. The van der Waals surface area contributed by atoms with Crippen LogP contribution in [0.1, 0.15) is 34.3 Å². The molecule has 0 N–H and O–H groups in total. The minimum absolute atomic E-state index is 0.0537. The number of rotatable bonds is 2. The summed E-state index contributed by atoms with van der Waals surface area (Å²) in [6, 6.07) is 9.69. The molecule has 0 saturated carbocycles. The van der Waals surface area contributed by atoms with Gasteiger partial charge in [0.05, 0.1) is 5.02 Å². The Balaban J connectivity index is 1.85. The van der Waals surface area contributed by atoms with Crippen molar-refractivity contribution >= 4 is 17.6 Å². The molecule has 2 aromatic rings. The van der Waals surface area contributed by atoms with E-state index in [0.29, 0.717) is 5.75 Å². The third kappa shape index (κ3) is 2.93. The molecule has 1 aliphatic rings. The number of carbonyl (C=O) groups is 1. The number of aryl methyl sites for hydroxylation is 2. The Kier molecular flexibility index (Phi) is 3.93. The van der Waals surface area contributed by atoms with E-state index < -0.39 is 11.8 Å². The Morgan fingerprint density at radius 1 is 1.10 bits per heavy atom. The summed E-state index contributed by atoms with van der Waals surface area (Å²) >= 11 is 5.87. The average molecular weight is 305 g/mol. The van der Waals surface area contributed by atoms with Gasteiger partial charge in [0.1, 0.15) is 17.1 Å². The van der Waals surface area contributed by atoms with Crippen molar-refractivity contribution in [3.8, 4) is 5.75 Å². The Hall–Kier alpha value is -1.87. The first-order valence-corrected chi connectivity index (χ1v) is 7.31. The second-order valence-electron chi connectivity index (χ2n) is 5.12. The van der Waals surface area contributed by atoms with Gasteiger partial charge in [0.25, 0.3) is 0 Å². The fourth-order valence-corrected chi connectivity index (χ4v) is 2.86. The van der Waals surface area contributed by atoms with Crippen LogP contribution in [0.5, 0.6) is 5.75 Å². The van der Waals surface area contributed by atoms with Gasteiger partial charge in [-0.25, -0.2) is 9.18 Å². The van der Waals surface area contributed by atoms with Crippen LogP contribution in [-0.2, 0) is 12.8 Å². The highest BCUT2D eigenvalue weighted by Gasteiger charge is 2.19. The topological polar surface area (TPSA) is 26.3 Å². The monoisotopic (exact) mass is 304 g/mol. The van der Waals surface area contributed by atoms with E-state index in [1.165, 1.54) is 35.7 Å². The van der Waals surface area contributed by atoms with E-state index >= 15 is 0 Å². The van der Waals surface area contributed by atoms with Crippen molar-refractivity contribution in [3.63, 3.8) is 0 Å². The quantitative estimate of drug-likeness (QED) is 0.600. The van der Waals surface area contributed by atoms with Gasteiger partial charge in [0.2, 0.25) is 0 Å². The Morgan fingerprint density at radius 3 is 2.62 bits per heavy atom. The third-order valence-corrected chi connectivity index (χ3v) is 4.01. The van der Waals surface area contributed by atoms with Crippen molar-refractivity contribution in [2.45, 2.75) is 25.7 Å². The zero-order valence-corrected chi connectivity index (χ0v) is 12.1. The van der Waals surface area contributed by atoms with E-state index in [2.05, 4.69) is 0 Å². The fourth-order valence-electron chi connectivity index (χ4n) is 2.62. The highest BCUT2D eigenvalue weighted by Crippen LogP contribution is 2.27. The lowest BCUT2D eigenvalue weighted by Crippen LogP contribution is -2.12. The molecule has 0 atom stereocenters. The van der Waals surface area contributed by atoms with Crippen LogP contribution in [0, 0.1) is 5.82 Å². The van der Waals surface area contributed by atoms with Gasteiger partial charge in [-0.3, -0.25) is 0 Å². The van der Waals surface area contributed by atoms with Gasteiger partial charge in [-0.15, -0.1) is 0 Å². The smallest absolute Gasteiger partial charge is 0.348 e. The van der Waals surface area contributed by atoms with Crippen molar-refractivity contribution in [3.05, 3.63) is 63.9 Å². The van der Waals surface area contributed by atoms with Crippen LogP contribution in [0.4, 0.5) is 4.39 Å². The maximum atomic E-state index is 13.7. The summed E-state index contributed by atoms with van der Waals surface area (Å²) < 4.78 is 19.0. The summed E-state index contributed by atoms with van der Waals surface area (Å²) in [6.45, 7) is 0. The summed E-state index contributed by atoms with van der Waals surface area (Å²) in [6.07, 6.45) is 4.38. The van der Waals surface area contributed by atoms with Gasteiger partial charge in [0, 0.05) is 0 Å². The molecule has 0 amide bonds. The first-order chi connectivity index (χ1) is 10.1. The molecular formula is C17H14ClFO2. The zero-order chi connectivity index (χ0) is 14.8. The molecule has 0 unspecified atom stereocenters. The summed E-state index contributed by atoms with van der Waals surface area (Å²) in [7, 11) is 0. The van der Waals surface area contributed by atoms with Gasteiger partial charge in [0.15, 0.2) is 0 Å². The number of halogens is 2. The SMILES string of the molecule is O=C(Oc1ccc2c(c1)CCCC2)c1c(F)cccc1Cl. The van der Waals surface area contributed by atoms with Crippen LogP contribution in [0.25, 0.3) is 0 Å². The number of ether oxygens (including phenoxy) is 1. The Labute approximate surface area is 127 Å². The molecule has 0 aliphatic heterocycles. The summed E-state index contributed by atoms with van der Waals surface area (Å²) in [5.74, 6) is -1.01. The predicted molar refractivity (Wildman–Crippen MR) is 79.5 cm³/mol. The summed E-state index contributed by atoms with van der Waals surface area (Å²) in [5, 5.41) is 0.0537. The van der Waals surface area contributed by atoms with Crippen molar-refractivity contribution < 1.29 is 13.9 Å². The molecule has 0 heterocycles. The Bertz CT molecular complexity index is 677. The predicted octanol–water partition coefficient (Wildman–Crippen LogP) is 4.58. The number of benzene rings is 2. The summed E-state index contributed by atoms with van der Waals surface area (Å²) in [4.78, 5) is 12.1. The van der Waals surface area contributed by atoms with E-state index in [1.807, 2.05) is 12.1 Å². The summed E-state index contributed by atoms with van der Waals surface area (Å²) in [5.41, 5.74) is 2.27. The highest BCUT2D eigenvalue weighted by molar-refractivity contribution is 6.33. The maximum absolute atomic E-state index is 13.7. The van der Waals surface area contributed by atoms with Crippen LogP contribution in [-0.4, -0.2) is 5.97 Å². The minimum Gasteiger partial charge on any atom is -0.423 e. The van der Waals surface area contributed by atoms with E-state index in [1.54, 1.807) is 6.07 Å². The van der Waals surface area contributed by atoms with Gasteiger partial charge in [-0.2, -0.15) is 0 Å². The molecule has 0 fully saturated rings. The Morgan fingerprint density at radius 2 is 1.86 bits per heavy atom. The van der Waals surface area contributed by atoms with E-state index in [0.717, 1.165) is 19.3 Å². The lowest BCUT2D eigenvalue weighted by atomic mass is 9.92. The van der Waals surface area contributed by atoms with E-state index in [-0.39, 0.29) is 10.6 Å². The van der Waals surface area contributed by atoms with Crippen LogP contribution < -0.4 is 4.74 Å². The molecule has 0 bridgehead atoms. The largest absolute Gasteiger partial charge is 0.423 e. The highest BCUT2D eigenvalue weighted by atomic mass is 35.5. The van der Waals surface area contributed by atoms with Gasteiger partial charge in [-0.05, 0) is 61.1 Å². The number of carbonyl (C=O) groups excluding carboxylic acids is 1. The molecule has 21 heavy (non-hydrogen) atoms. The molecule has 1 aliphatic carbocycles. The fraction of sp³-hybridized carbons (Fsp3) is 0.235. The molecule has 3 rings (SSSR count). The maximum Gasteiger partial charge on any atom is 0.348 e. The number of hydrogen-bond donors (Lipinski definition) is 0. The molecule has 0 saturated heterocycles. The normalized spacial score (nSPS) is 13.6. The van der Waals surface area contributed by atoms with Gasteiger partial charge < -0.3 is 4.74 Å². The van der Waals surface area contributed by atoms with Crippen LogP contribution >= 0.6 is 11.6 Å². The molecular weight excluding hydrogens is 291 g/mol. The first-order valence-electron chi connectivity index (χ1n) is 6.93. The second-order valence-corrected chi connectivity index (χ2v) is 5.53. The van der Waals surface area contributed by atoms with Crippen LogP contribution in [0.2, 0.25) is 5.02 Å². The van der Waals surface area contributed by atoms with Crippen molar-refractivity contribution in [2.75, 3.05) is 0 Å². The van der Waals surface area contributed by atoms with E-state index in [9.17, 15) is 9.18 Å². The zero-order valence-electron chi connectivity index (χ0n) is 11.4. The molecule has 0 radical (unpaired) electrons. The minimum atomic E-state index is -0.770. The molecule has 108 valence electrons. The van der Waals surface area contributed by atoms with E-state index in [4.69, 9.17) is 16.3 Å². The standard InChI is InChI=1S/C17H14ClFO2/c18-14-6-3-7-15(19)16(14)17(20)21-13-9-8-11-4-1-2-5-12(11)10-13/h3,6-10H,1-2,4-5H2. The van der Waals surface area contributed by atoms with Crippen LogP contribution in [0.3, 0.4) is 0 Å². The molecule has 2 nitrogen and oxygen atoms in total. The second kappa shape index (κ2) is 5.86. The molecule has 0 spiro atoms. The molecule has 0 aromatic heterocycles. The van der Waals surface area contributed by atoms with Crippen molar-refractivity contribution in [1.29, 1.82) is 0 Å². The average Bonchev–Trinajstić information content (AvgIpc) is 2.47. The number of hydrogen-bond acceptors (Lipinski definition) is 2. The van der Waals surface area contributed by atoms with Crippen molar-refractivity contribution in [1.82, 2.24) is 0 Å². The van der Waals surface area contributed by atoms with Gasteiger partial charge in [-0.1, -0.05) is 23.7 Å². The molecule has 2 aromatic carbocycles. The first kappa shape index (κ1) is 14.1. The molecule has 4 heteroatoms. The van der Waals surface area contributed by atoms with Crippen LogP contribution in [0.15, 0.2) is 36.4 Å². The van der Waals surface area contributed by atoms with Crippen molar-refractivity contribution in [2.24, 2.45) is 0 Å². The number of fused-ring (bicyclic) bond motifs is 1. The lowest BCUT2D eigenvalue weighted by Gasteiger charge is -2.16.